The Bertz CT molecular complexity index is 350. The van der Waals surface area contributed by atoms with E-state index in [1.165, 1.54) is 0 Å². The molecule has 5 heteroatoms. The largest absolute Gasteiger partial charge is 0.396 e. The average molecular weight is 225 g/mol. The molecule has 0 fully saturated rings. The normalized spacial score (nSPS) is 14.4. The summed E-state index contributed by atoms with van der Waals surface area (Å²) in [4.78, 5) is 10.7. The maximum atomic E-state index is 10.7. The third-order valence-corrected chi connectivity index (χ3v) is 2.31. The molecule has 1 aromatic carbocycles. The Balaban J connectivity index is 2.77. The van der Waals surface area contributed by atoms with Crippen molar-refractivity contribution in [2.45, 2.75) is 18.6 Å². The van der Waals surface area contributed by atoms with Gasteiger partial charge in [-0.15, -0.1) is 0 Å². The second kappa shape index (κ2) is 5.60. The zero-order valence-corrected chi connectivity index (χ0v) is 8.71. The van der Waals surface area contributed by atoms with Crippen molar-refractivity contribution in [3.05, 3.63) is 35.4 Å². The fourth-order valence-corrected chi connectivity index (χ4v) is 1.35. The maximum absolute atomic E-state index is 10.7. The number of primary amides is 1. The van der Waals surface area contributed by atoms with Gasteiger partial charge in [-0.25, -0.2) is 0 Å². The number of amides is 1. The summed E-state index contributed by atoms with van der Waals surface area (Å²) >= 11 is 0. The van der Waals surface area contributed by atoms with Gasteiger partial charge in [-0.05, 0) is 17.5 Å². The van der Waals surface area contributed by atoms with Crippen molar-refractivity contribution in [3.63, 3.8) is 0 Å². The van der Waals surface area contributed by atoms with Crippen molar-refractivity contribution in [3.8, 4) is 0 Å². The molecule has 2 unspecified atom stereocenters. The average Bonchev–Trinajstić information content (AvgIpc) is 2.28. The third kappa shape index (κ3) is 3.03. The van der Waals surface area contributed by atoms with Crippen LogP contribution in [0.15, 0.2) is 24.3 Å². The second-order valence-corrected chi connectivity index (χ2v) is 3.51. The molecule has 0 saturated carbocycles. The molecule has 0 aliphatic carbocycles. The molecule has 0 bridgehead atoms. The Labute approximate surface area is 93.1 Å². The minimum absolute atomic E-state index is 0.0474. The molecular weight excluding hydrogens is 210 g/mol. The van der Waals surface area contributed by atoms with E-state index in [1.54, 1.807) is 24.3 Å². The van der Waals surface area contributed by atoms with Crippen LogP contribution in [0.4, 0.5) is 0 Å². The summed E-state index contributed by atoms with van der Waals surface area (Å²) < 4.78 is 0. The van der Waals surface area contributed by atoms with Crippen molar-refractivity contribution >= 4 is 5.91 Å². The molecule has 1 aromatic rings. The highest BCUT2D eigenvalue weighted by Gasteiger charge is 2.22. The van der Waals surface area contributed by atoms with Crippen molar-refractivity contribution in [1.29, 1.82) is 0 Å². The zero-order valence-electron chi connectivity index (χ0n) is 8.71. The molecule has 5 N–H and O–H groups in total. The third-order valence-electron chi connectivity index (χ3n) is 2.31. The van der Waals surface area contributed by atoms with Crippen molar-refractivity contribution in [2.75, 3.05) is 6.61 Å². The van der Waals surface area contributed by atoms with Crippen molar-refractivity contribution < 1.29 is 20.1 Å². The second-order valence-electron chi connectivity index (χ2n) is 3.51. The Morgan fingerprint density at radius 1 is 1.25 bits per heavy atom. The van der Waals surface area contributed by atoms with Crippen LogP contribution in [0.5, 0.6) is 0 Å². The number of rotatable bonds is 5. The monoisotopic (exact) mass is 225 g/mol. The molecule has 0 aromatic heterocycles. The highest BCUT2D eigenvalue weighted by Crippen LogP contribution is 2.17. The lowest BCUT2D eigenvalue weighted by molar-refractivity contribution is -0.131. The number of aliphatic hydroxyl groups is 3. The first-order chi connectivity index (χ1) is 7.56. The van der Waals surface area contributed by atoms with E-state index in [0.29, 0.717) is 12.0 Å². The molecule has 88 valence electrons. The van der Waals surface area contributed by atoms with Gasteiger partial charge in [-0.3, -0.25) is 4.79 Å². The smallest absolute Gasteiger partial charge is 0.249 e. The number of hydrogen-bond donors (Lipinski definition) is 4. The predicted molar refractivity (Wildman–Crippen MR) is 57.4 cm³/mol. The van der Waals surface area contributed by atoms with Gasteiger partial charge in [0.1, 0.15) is 6.10 Å². The van der Waals surface area contributed by atoms with Crippen LogP contribution in [0.1, 0.15) is 17.2 Å². The van der Waals surface area contributed by atoms with Crippen LogP contribution >= 0.6 is 0 Å². The van der Waals surface area contributed by atoms with Gasteiger partial charge in [0.25, 0.3) is 0 Å². The zero-order chi connectivity index (χ0) is 12.1. The summed E-state index contributed by atoms with van der Waals surface area (Å²) in [6.45, 7) is 0.0474. The number of benzene rings is 1. The van der Waals surface area contributed by atoms with Gasteiger partial charge in [0.15, 0.2) is 6.10 Å². The van der Waals surface area contributed by atoms with Crippen LogP contribution < -0.4 is 5.73 Å². The quantitative estimate of drug-likeness (QED) is 0.521. The molecule has 5 nitrogen and oxygen atoms in total. The van der Waals surface area contributed by atoms with Gasteiger partial charge < -0.3 is 21.1 Å². The summed E-state index contributed by atoms with van der Waals surface area (Å²) in [7, 11) is 0. The van der Waals surface area contributed by atoms with Gasteiger partial charge in [-0.1, -0.05) is 24.3 Å². The Morgan fingerprint density at radius 2 is 1.81 bits per heavy atom. The standard InChI is InChI=1S/C11H15NO4/c12-11(16)10(15)9(14)8-3-1-7(2-4-8)5-6-13/h1-4,9-10,13-15H,5-6H2,(H2,12,16). The number of aliphatic hydroxyl groups excluding tert-OH is 3. The molecule has 0 radical (unpaired) electrons. The van der Waals surface area contributed by atoms with E-state index in [1.807, 2.05) is 0 Å². The van der Waals surface area contributed by atoms with Gasteiger partial charge in [0.05, 0.1) is 0 Å². The summed E-state index contributed by atoms with van der Waals surface area (Å²) in [5.41, 5.74) is 6.19. The topological polar surface area (TPSA) is 104 Å². The Kier molecular flexibility index (Phi) is 4.42. The van der Waals surface area contributed by atoms with Crippen LogP contribution in [-0.2, 0) is 11.2 Å². The lowest BCUT2D eigenvalue weighted by Crippen LogP contribution is -2.33. The van der Waals surface area contributed by atoms with Crippen molar-refractivity contribution in [1.82, 2.24) is 0 Å². The lowest BCUT2D eigenvalue weighted by Gasteiger charge is -2.15. The van der Waals surface area contributed by atoms with E-state index in [-0.39, 0.29) is 6.61 Å². The molecule has 0 aliphatic heterocycles. The first-order valence-corrected chi connectivity index (χ1v) is 4.91. The molecule has 0 saturated heterocycles. The summed E-state index contributed by atoms with van der Waals surface area (Å²) in [6, 6.07) is 6.59. The van der Waals surface area contributed by atoms with Crippen LogP contribution in [0.25, 0.3) is 0 Å². The molecule has 16 heavy (non-hydrogen) atoms. The Hall–Kier alpha value is -1.43. The molecule has 0 spiro atoms. The van der Waals surface area contributed by atoms with Gasteiger partial charge >= 0.3 is 0 Å². The maximum Gasteiger partial charge on any atom is 0.249 e. The van der Waals surface area contributed by atoms with E-state index in [9.17, 15) is 15.0 Å². The van der Waals surface area contributed by atoms with Crippen LogP contribution in [0.2, 0.25) is 0 Å². The van der Waals surface area contributed by atoms with Gasteiger partial charge in [-0.2, -0.15) is 0 Å². The number of nitrogens with two attached hydrogens (primary N) is 1. The molecule has 0 aliphatic rings. The van der Waals surface area contributed by atoms with Gasteiger partial charge in [0, 0.05) is 6.61 Å². The summed E-state index contributed by atoms with van der Waals surface area (Å²) in [6.07, 6.45) is -2.40. The van der Waals surface area contributed by atoms with E-state index < -0.39 is 18.1 Å². The minimum atomic E-state index is -1.61. The van der Waals surface area contributed by atoms with Crippen molar-refractivity contribution in [2.24, 2.45) is 5.73 Å². The molecule has 1 rings (SSSR count). The molecular formula is C11H15NO4. The predicted octanol–water partition coefficient (Wildman–Crippen LogP) is -0.899. The highest BCUT2D eigenvalue weighted by molar-refractivity contribution is 5.79. The van der Waals surface area contributed by atoms with E-state index in [0.717, 1.165) is 5.56 Å². The fraction of sp³-hybridized carbons (Fsp3) is 0.364. The first kappa shape index (κ1) is 12.6. The molecule has 1 amide bonds. The lowest BCUT2D eigenvalue weighted by atomic mass is 10.0. The molecule has 0 heterocycles. The summed E-state index contributed by atoms with van der Waals surface area (Å²) in [5.74, 6) is -0.966. The van der Waals surface area contributed by atoms with Crippen LogP contribution in [0.3, 0.4) is 0 Å². The van der Waals surface area contributed by atoms with Gasteiger partial charge in [0.2, 0.25) is 5.91 Å². The number of carbonyl (C=O) groups is 1. The number of hydrogen-bond acceptors (Lipinski definition) is 4. The number of carbonyl (C=O) groups excluding carboxylic acids is 1. The van der Waals surface area contributed by atoms with Crippen LogP contribution in [0, 0.1) is 0 Å². The first-order valence-electron chi connectivity index (χ1n) is 4.91. The summed E-state index contributed by atoms with van der Waals surface area (Å²) in [5, 5.41) is 27.5. The fourth-order valence-electron chi connectivity index (χ4n) is 1.35. The van der Waals surface area contributed by atoms with E-state index >= 15 is 0 Å². The highest BCUT2D eigenvalue weighted by atomic mass is 16.3. The molecule has 2 atom stereocenters. The van der Waals surface area contributed by atoms with Crippen LogP contribution in [-0.4, -0.2) is 33.9 Å². The van der Waals surface area contributed by atoms with E-state index in [4.69, 9.17) is 10.8 Å². The Morgan fingerprint density at radius 3 is 2.25 bits per heavy atom. The minimum Gasteiger partial charge on any atom is -0.396 e. The van der Waals surface area contributed by atoms with E-state index in [2.05, 4.69) is 0 Å². The SMILES string of the molecule is NC(=O)C(O)C(O)c1ccc(CCO)cc1.